The van der Waals surface area contributed by atoms with Crippen LogP contribution >= 0.6 is 11.3 Å². The van der Waals surface area contributed by atoms with Crippen LogP contribution in [-0.2, 0) is 0 Å². The summed E-state index contributed by atoms with van der Waals surface area (Å²) in [7, 11) is 0. The van der Waals surface area contributed by atoms with E-state index in [2.05, 4.69) is 0 Å². The van der Waals surface area contributed by atoms with Crippen LogP contribution in [0.25, 0.3) is 5.57 Å². The van der Waals surface area contributed by atoms with E-state index in [1.807, 2.05) is 17.5 Å². The van der Waals surface area contributed by atoms with Crippen molar-refractivity contribution in [3.63, 3.8) is 0 Å². The van der Waals surface area contributed by atoms with E-state index in [1.165, 1.54) is 11.3 Å². The Kier molecular flexibility index (Phi) is 2.91. The van der Waals surface area contributed by atoms with Gasteiger partial charge in [-0.2, -0.15) is 21.9 Å². The fourth-order valence-electron chi connectivity index (χ4n) is 1.93. The van der Waals surface area contributed by atoms with Crippen molar-refractivity contribution < 1.29 is 4.79 Å². The molecular formula is C13H8N2OS. The van der Waals surface area contributed by atoms with Gasteiger partial charge < -0.3 is 0 Å². The van der Waals surface area contributed by atoms with Gasteiger partial charge in [0, 0.05) is 27.7 Å². The zero-order chi connectivity index (χ0) is 12.4. The first kappa shape index (κ1) is 11.3. The zero-order valence-corrected chi connectivity index (χ0v) is 9.97. The smallest absolute Gasteiger partial charge is 0.194 e. The van der Waals surface area contributed by atoms with Crippen molar-refractivity contribution in [2.75, 3.05) is 0 Å². The molecule has 0 N–H and O–H groups in total. The topological polar surface area (TPSA) is 64.7 Å². The van der Waals surface area contributed by atoms with Crippen molar-refractivity contribution >= 4 is 22.7 Å². The SMILES string of the molecule is C/C=C1/C(=O)c2cscc2/C1=C(\C#N)CC#N. The molecule has 4 heteroatoms. The van der Waals surface area contributed by atoms with Gasteiger partial charge in [0.1, 0.15) is 0 Å². The molecule has 1 aromatic rings. The second-order valence-electron chi connectivity index (χ2n) is 3.53. The molecule has 1 aliphatic rings. The Bertz CT molecular complexity index is 635. The molecule has 0 aromatic carbocycles. The number of thiophene rings is 1. The molecule has 0 spiro atoms. The Hall–Kier alpha value is -2.17. The number of Topliss-reactive ketones (excluding diaryl/α,β-unsaturated/α-hetero) is 1. The molecular weight excluding hydrogens is 232 g/mol. The molecule has 0 fully saturated rings. The third kappa shape index (κ3) is 1.60. The summed E-state index contributed by atoms with van der Waals surface area (Å²) in [5, 5.41) is 21.4. The highest BCUT2D eigenvalue weighted by Gasteiger charge is 2.32. The van der Waals surface area contributed by atoms with Gasteiger partial charge in [0.15, 0.2) is 5.78 Å². The summed E-state index contributed by atoms with van der Waals surface area (Å²) in [6, 6.07) is 3.99. The Morgan fingerprint density at radius 2 is 2.12 bits per heavy atom. The van der Waals surface area contributed by atoms with Crippen LogP contribution in [0.5, 0.6) is 0 Å². The first-order chi connectivity index (χ1) is 8.24. The maximum absolute atomic E-state index is 12.0. The summed E-state index contributed by atoms with van der Waals surface area (Å²) >= 11 is 1.43. The maximum atomic E-state index is 12.0. The zero-order valence-electron chi connectivity index (χ0n) is 9.15. The number of hydrogen-bond acceptors (Lipinski definition) is 4. The van der Waals surface area contributed by atoms with Crippen LogP contribution in [0.2, 0.25) is 0 Å². The van der Waals surface area contributed by atoms with Gasteiger partial charge in [0.25, 0.3) is 0 Å². The highest BCUT2D eigenvalue weighted by Crippen LogP contribution is 2.41. The van der Waals surface area contributed by atoms with E-state index in [4.69, 9.17) is 10.5 Å². The summed E-state index contributed by atoms with van der Waals surface area (Å²) in [4.78, 5) is 12.0. The van der Waals surface area contributed by atoms with Crippen molar-refractivity contribution in [1.29, 1.82) is 10.5 Å². The molecule has 2 rings (SSSR count). The van der Waals surface area contributed by atoms with Crippen molar-refractivity contribution in [2.24, 2.45) is 0 Å². The van der Waals surface area contributed by atoms with E-state index in [0.717, 1.165) is 5.56 Å². The summed E-state index contributed by atoms with van der Waals surface area (Å²) in [6.45, 7) is 1.77. The van der Waals surface area contributed by atoms with E-state index < -0.39 is 0 Å². The molecule has 0 saturated heterocycles. The normalized spacial score (nSPS) is 18.8. The Morgan fingerprint density at radius 3 is 2.71 bits per heavy atom. The molecule has 0 saturated carbocycles. The predicted molar refractivity (Wildman–Crippen MR) is 65.2 cm³/mol. The standard InChI is InChI=1S/C13H8N2OS/c1-2-9-12(8(5-15)3-4-14)10-6-17-7-11(10)13(9)16/h2,6-7H,3H2,1H3/b9-2+,12-8-. The van der Waals surface area contributed by atoms with Gasteiger partial charge >= 0.3 is 0 Å². The first-order valence-corrected chi connectivity index (χ1v) is 5.97. The van der Waals surface area contributed by atoms with Crippen LogP contribution in [0.1, 0.15) is 29.3 Å². The minimum atomic E-state index is -0.0514. The number of fused-ring (bicyclic) bond motifs is 1. The minimum Gasteiger partial charge on any atom is -0.289 e. The quantitative estimate of drug-likeness (QED) is 0.559. The van der Waals surface area contributed by atoms with Gasteiger partial charge in [0.2, 0.25) is 0 Å². The van der Waals surface area contributed by atoms with Gasteiger partial charge in [-0.15, -0.1) is 0 Å². The summed E-state index contributed by atoms with van der Waals surface area (Å²) in [5.41, 5.74) is 2.97. The molecule has 17 heavy (non-hydrogen) atoms. The minimum absolute atomic E-state index is 0.0335. The number of hydrogen-bond donors (Lipinski definition) is 0. The van der Waals surface area contributed by atoms with Crippen LogP contribution in [0.4, 0.5) is 0 Å². The molecule has 1 heterocycles. The Labute approximate surface area is 103 Å². The third-order valence-electron chi connectivity index (χ3n) is 2.67. The average molecular weight is 240 g/mol. The Balaban J connectivity index is 2.74. The largest absolute Gasteiger partial charge is 0.289 e. The summed E-state index contributed by atoms with van der Waals surface area (Å²) in [5.74, 6) is -0.0514. The van der Waals surface area contributed by atoms with Crippen molar-refractivity contribution in [3.8, 4) is 12.1 Å². The van der Waals surface area contributed by atoms with Crippen LogP contribution < -0.4 is 0 Å². The molecule has 3 nitrogen and oxygen atoms in total. The van der Waals surface area contributed by atoms with E-state index in [-0.39, 0.29) is 12.2 Å². The molecule has 0 amide bonds. The van der Waals surface area contributed by atoms with Gasteiger partial charge in [-0.1, -0.05) is 6.08 Å². The number of nitriles is 2. The molecule has 1 aliphatic carbocycles. The lowest BCUT2D eigenvalue weighted by Crippen LogP contribution is -1.95. The number of allylic oxidation sites excluding steroid dienone is 4. The molecule has 0 atom stereocenters. The highest BCUT2D eigenvalue weighted by molar-refractivity contribution is 7.08. The number of carbonyl (C=O) groups excluding carboxylic acids is 1. The summed E-state index contributed by atoms with van der Waals surface area (Å²) < 4.78 is 0. The molecule has 1 aromatic heterocycles. The predicted octanol–water partition coefficient (Wildman–Crippen LogP) is 3.08. The van der Waals surface area contributed by atoms with E-state index >= 15 is 0 Å². The number of carbonyl (C=O) groups is 1. The monoisotopic (exact) mass is 240 g/mol. The van der Waals surface area contributed by atoms with Crippen LogP contribution in [0, 0.1) is 22.7 Å². The van der Waals surface area contributed by atoms with Gasteiger partial charge in [-0.3, -0.25) is 4.79 Å². The lowest BCUT2D eigenvalue weighted by Gasteiger charge is -2.02. The van der Waals surface area contributed by atoms with Crippen LogP contribution in [0.3, 0.4) is 0 Å². The maximum Gasteiger partial charge on any atom is 0.194 e. The van der Waals surface area contributed by atoms with Crippen LogP contribution in [0.15, 0.2) is 28.0 Å². The molecule has 0 unspecified atom stereocenters. The van der Waals surface area contributed by atoms with E-state index in [0.29, 0.717) is 22.3 Å². The lowest BCUT2D eigenvalue weighted by atomic mass is 9.99. The van der Waals surface area contributed by atoms with E-state index in [9.17, 15) is 4.79 Å². The molecule has 82 valence electrons. The van der Waals surface area contributed by atoms with Gasteiger partial charge in [-0.25, -0.2) is 0 Å². The van der Waals surface area contributed by atoms with Crippen LogP contribution in [-0.4, -0.2) is 5.78 Å². The fourth-order valence-corrected chi connectivity index (χ4v) is 2.75. The summed E-state index contributed by atoms with van der Waals surface area (Å²) in [6.07, 6.45) is 1.74. The molecule has 0 radical (unpaired) electrons. The highest BCUT2D eigenvalue weighted by atomic mass is 32.1. The fraction of sp³-hybridized carbons (Fsp3) is 0.154. The van der Waals surface area contributed by atoms with Gasteiger partial charge in [-0.05, 0) is 12.3 Å². The van der Waals surface area contributed by atoms with Gasteiger partial charge in [0.05, 0.1) is 24.1 Å². The van der Waals surface area contributed by atoms with Crippen molar-refractivity contribution in [1.82, 2.24) is 0 Å². The lowest BCUT2D eigenvalue weighted by molar-refractivity contribution is 0.104. The third-order valence-corrected chi connectivity index (χ3v) is 3.41. The second kappa shape index (κ2) is 4.37. The average Bonchev–Trinajstić information content (AvgIpc) is 2.89. The molecule has 0 bridgehead atoms. The van der Waals surface area contributed by atoms with E-state index in [1.54, 1.807) is 18.4 Å². The number of rotatable bonds is 1. The van der Waals surface area contributed by atoms with Crippen molar-refractivity contribution in [3.05, 3.63) is 39.1 Å². The first-order valence-electron chi connectivity index (χ1n) is 5.02. The molecule has 0 aliphatic heterocycles. The Morgan fingerprint density at radius 1 is 1.41 bits per heavy atom. The number of ketones is 1. The number of nitrogens with zero attached hydrogens (tertiary/aromatic N) is 2. The second-order valence-corrected chi connectivity index (χ2v) is 4.27. The van der Waals surface area contributed by atoms with Crippen molar-refractivity contribution in [2.45, 2.75) is 13.3 Å².